The normalized spacial score (nSPS) is 22.6. The van der Waals surface area contributed by atoms with E-state index in [0.717, 1.165) is 28.0 Å². The third-order valence-electron chi connectivity index (χ3n) is 6.26. The third-order valence-corrected chi connectivity index (χ3v) is 6.55. The first kappa shape index (κ1) is 23.4. The van der Waals surface area contributed by atoms with Crippen LogP contribution in [0.2, 0.25) is 5.02 Å². The number of likely N-dealkylation sites (N-methyl/N-ethyl adjacent to an activating group) is 1. The molecule has 1 aliphatic carbocycles. The van der Waals surface area contributed by atoms with Crippen LogP contribution in [0.4, 0.5) is 33.5 Å². The van der Waals surface area contributed by atoms with Crippen molar-refractivity contribution in [3.63, 3.8) is 0 Å². The molecule has 0 N–H and O–H groups in total. The zero-order valence-corrected chi connectivity index (χ0v) is 18.3. The number of amides is 2. The number of aromatic nitrogens is 1. The maximum Gasteiger partial charge on any atom is 0.416 e. The Labute approximate surface area is 191 Å². The maximum atomic E-state index is 14.4. The number of aryl methyl sites for hydroxylation is 1. The number of hydrogen-bond acceptors (Lipinski definition) is 3. The molecule has 0 radical (unpaired) electrons. The van der Waals surface area contributed by atoms with Gasteiger partial charge in [0.25, 0.3) is 0 Å². The second-order valence-corrected chi connectivity index (χ2v) is 8.73. The molecule has 33 heavy (non-hydrogen) atoms. The molecule has 2 aromatic rings. The number of alkyl halides is 3. The van der Waals surface area contributed by atoms with E-state index >= 15 is 0 Å². The van der Waals surface area contributed by atoms with Crippen molar-refractivity contribution in [2.24, 2.45) is 11.8 Å². The van der Waals surface area contributed by atoms with E-state index in [-0.39, 0.29) is 17.2 Å². The number of rotatable bonds is 3. The topological polar surface area (TPSA) is 53.5 Å². The van der Waals surface area contributed by atoms with Crippen LogP contribution < -0.4 is 9.80 Å². The Morgan fingerprint density at radius 2 is 1.85 bits per heavy atom. The van der Waals surface area contributed by atoms with Crippen molar-refractivity contribution < 1.29 is 31.5 Å². The lowest BCUT2D eigenvalue weighted by atomic mass is 9.92. The van der Waals surface area contributed by atoms with E-state index in [9.17, 15) is 31.5 Å². The Kier molecular flexibility index (Phi) is 5.84. The second-order valence-electron chi connectivity index (χ2n) is 8.32. The van der Waals surface area contributed by atoms with E-state index in [2.05, 4.69) is 4.98 Å². The lowest BCUT2D eigenvalue weighted by molar-refractivity contribution is -0.137. The molecule has 2 unspecified atom stereocenters. The number of benzene rings is 1. The Hall–Kier alpha value is -2.75. The van der Waals surface area contributed by atoms with Gasteiger partial charge in [0.05, 0.1) is 16.3 Å². The minimum Gasteiger partial charge on any atom is -0.311 e. The van der Waals surface area contributed by atoms with Gasteiger partial charge in [0.2, 0.25) is 11.8 Å². The van der Waals surface area contributed by atoms with E-state index in [4.69, 9.17) is 11.6 Å². The summed E-state index contributed by atoms with van der Waals surface area (Å²) >= 11 is 5.75. The van der Waals surface area contributed by atoms with Gasteiger partial charge in [-0.2, -0.15) is 13.2 Å². The zero-order valence-electron chi connectivity index (χ0n) is 17.6. The van der Waals surface area contributed by atoms with Crippen molar-refractivity contribution in [3.8, 4) is 0 Å². The highest BCUT2D eigenvalue weighted by molar-refractivity contribution is 6.31. The molecule has 1 aromatic carbocycles. The van der Waals surface area contributed by atoms with Crippen molar-refractivity contribution >= 4 is 34.9 Å². The van der Waals surface area contributed by atoms with Crippen molar-refractivity contribution in [2.45, 2.75) is 38.4 Å². The van der Waals surface area contributed by atoms with Crippen LogP contribution in [0, 0.1) is 30.4 Å². The molecule has 0 bridgehead atoms. The van der Waals surface area contributed by atoms with E-state index in [1.54, 1.807) is 0 Å². The van der Waals surface area contributed by atoms with Crippen LogP contribution in [-0.2, 0) is 15.8 Å². The van der Waals surface area contributed by atoms with Crippen molar-refractivity contribution in [1.29, 1.82) is 0 Å². The van der Waals surface area contributed by atoms with E-state index < -0.39 is 58.1 Å². The molecule has 2 heterocycles. The molecule has 2 fully saturated rings. The SMILES string of the molecule is Cc1cc(C(F)(F)F)cc(N2C(=O)C3CCCC3[C@H]2C(=O)N(C)c2cc(Cl)c(F)cc2F)n1. The summed E-state index contributed by atoms with van der Waals surface area (Å²) in [4.78, 5) is 32.7. The number of carbonyl (C=O) groups excluding carboxylic acids is 2. The lowest BCUT2D eigenvalue weighted by Gasteiger charge is -2.30. The van der Waals surface area contributed by atoms with Crippen LogP contribution in [0.15, 0.2) is 24.3 Å². The summed E-state index contributed by atoms with van der Waals surface area (Å²) in [6.07, 6.45) is -3.01. The summed E-state index contributed by atoms with van der Waals surface area (Å²) in [5.74, 6) is -4.57. The Morgan fingerprint density at radius 3 is 2.52 bits per heavy atom. The van der Waals surface area contributed by atoms with Gasteiger partial charge >= 0.3 is 6.18 Å². The zero-order chi connectivity index (χ0) is 24.2. The largest absolute Gasteiger partial charge is 0.416 e. The summed E-state index contributed by atoms with van der Waals surface area (Å²) in [5, 5.41) is -0.403. The highest BCUT2D eigenvalue weighted by Crippen LogP contribution is 2.46. The van der Waals surface area contributed by atoms with Crippen LogP contribution >= 0.6 is 11.6 Å². The first-order valence-electron chi connectivity index (χ1n) is 10.2. The molecule has 4 rings (SSSR count). The molecule has 5 nitrogen and oxygen atoms in total. The minimum atomic E-state index is -4.68. The van der Waals surface area contributed by atoms with Gasteiger partial charge in [0.15, 0.2) is 0 Å². The first-order valence-corrected chi connectivity index (χ1v) is 10.6. The van der Waals surface area contributed by atoms with Crippen LogP contribution in [0.25, 0.3) is 0 Å². The van der Waals surface area contributed by atoms with Gasteiger partial charge in [-0.3, -0.25) is 14.5 Å². The summed E-state index contributed by atoms with van der Waals surface area (Å²) in [6.45, 7) is 1.36. The number of pyridine rings is 1. The number of nitrogens with zero attached hydrogens (tertiary/aromatic N) is 3. The fourth-order valence-corrected chi connectivity index (χ4v) is 4.91. The third kappa shape index (κ3) is 4.05. The highest BCUT2D eigenvalue weighted by Gasteiger charge is 2.55. The maximum absolute atomic E-state index is 14.4. The van der Waals surface area contributed by atoms with Gasteiger partial charge in [0, 0.05) is 30.6 Å². The van der Waals surface area contributed by atoms with Crippen LogP contribution in [0.1, 0.15) is 30.5 Å². The molecule has 3 atom stereocenters. The average Bonchev–Trinajstić information content (AvgIpc) is 3.30. The van der Waals surface area contributed by atoms with Crippen molar-refractivity contribution in [1.82, 2.24) is 4.98 Å². The van der Waals surface area contributed by atoms with Crippen molar-refractivity contribution in [2.75, 3.05) is 16.8 Å². The fourth-order valence-electron chi connectivity index (χ4n) is 4.75. The number of hydrogen-bond donors (Lipinski definition) is 0. The predicted molar refractivity (Wildman–Crippen MR) is 111 cm³/mol. The second kappa shape index (κ2) is 8.23. The molecule has 176 valence electrons. The van der Waals surface area contributed by atoms with Crippen LogP contribution in [0.5, 0.6) is 0 Å². The van der Waals surface area contributed by atoms with E-state index in [1.807, 2.05) is 0 Å². The summed E-state index contributed by atoms with van der Waals surface area (Å²) < 4.78 is 68.2. The molecule has 1 saturated heterocycles. The first-order chi connectivity index (χ1) is 15.4. The van der Waals surface area contributed by atoms with Gasteiger partial charge in [-0.05, 0) is 38.0 Å². The molecular formula is C22H19ClF5N3O2. The Balaban J connectivity index is 1.78. The summed E-state index contributed by atoms with van der Waals surface area (Å²) in [7, 11) is 1.24. The smallest absolute Gasteiger partial charge is 0.311 e. The quantitative estimate of drug-likeness (QED) is 0.445. The van der Waals surface area contributed by atoms with Gasteiger partial charge < -0.3 is 4.90 Å². The Morgan fingerprint density at radius 1 is 1.15 bits per heavy atom. The predicted octanol–water partition coefficient (Wildman–Crippen LogP) is 5.13. The molecule has 11 heteroatoms. The molecule has 1 saturated carbocycles. The van der Waals surface area contributed by atoms with Gasteiger partial charge in [-0.25, -0.2) is 13.8 Å². The average molecular weight is 488 g/mol. The van der Waals surface area contributed by atoms with Gasteiger partial charge in [-0.15, -0.1) is 0 Å². The molecule has 2 aliphatic rings. The molecule has 2 amide bonds. The summed E-state index contributed by atoms with van der Waals surface area (Å²) in [6, 6.07) is 1.89. The summed E-state index contributed by atoms with van der Waals surface area (Å²) in [5.41, 5.74) is -1.28. The fraction of sp³-hybridized carbons (Fsp3) is 0.409. The number of carbonyl (C=O) groups is 2. The standard InChI is InChI=1S/C22H19ClF5N3O2/c1-10-6-11(22(26,27)28)7-18(29-10)31-19(12-4-3-5-13(12)20(31)32)21(33)30(2)17-8-14(23)15(24)9-16(17)25/h6-9,12-13,19H,3-5H2,1-2H3/t12?,13?,19-/m0/s1. The molecule has 1 aromatic heterocycles. The molecule has 1 aliphatic heterocycles. The van der Waals surface area contributed by atoms with Crippen LogP contribution in [-0.4, -0.2) is 29.9 Å². The van der Waals surface area contributed by atoms with Gasteiger partial charge in [0.1, 0.15) is 23.5 Å². The number of halogens is 6. The van der Waals surface area contributed by atoms with Gasteiger partial charge in [-0.1, -0.05) is 18.0 Å². The lowest BCUT2D eigenvalue weighted by Crippen LogP contribution is -2.49. The monoisotopic (exact) mass is 487 g/mol. The minimum absolute atomic E-state index is 0.0283. The molecule has 0 spiro atoms. The molecular weight excluding hydrogens is 469 g/mol. The van der Waals surface area contributed by atoms with E-state index in [1.165, 1.54) is 14.0 Å². The Bertz CT molecular complexity index is 1140. The van der Waals surface area contributed by atoms with E-state index in [0.29, 0.717) is 25.3 Å². The highest BCUT2D eigenvalue weighted by atomic mass is 35.5. The van der Waals surface area contributed by atoms with Crippen LogP contribution in [0.3, 0.4) is 0 Å². The number of fused-ring (bicyclic) bond motifs is 1. The number of anilines is 2. The van der Waals surface area contributed by atoms with Crippen molar-refractivity contribution in [3.05, 3.63) is 52.2 Å².